The fraction of sp³-hybridized carbons (Fsp3) is 0.222. The van der Waals surface area contributed by atoms with Crippen LogP contribution in [0.3, 0.4) is 0 Å². The van der Waals surface area contributed by atoms with Crippen molar-refractivity contribution >= 4 is 5.91 Å². The molecule has 0 aliphatic rings. The third-order valence-electron chi connectivity index (χ3n) is 1.40. The van der Waals surface area contributed by atoms with E-state index in [1.54, 1.807) is 6.07 Å². The van der Waals surface area contributed by atoms with Crippen LogP contribution >= 0.6 is 0 Å². The number of amides is 1. The Bertz CT molecular complexity index is 315. The van der Waals surface area contributed by atoms with Crippen molar-refractivity contribution in [1.29, 1.82) is 0 Å². The Morgan fingerprint density at radius 3 is 3.08 bits per heavy atom. The number of hydrogen-bond donors (Lipinski definition) is 1. The summed E-state index contributed by atoms with van der Waals surface area (Å²) in [5.41, 5.74) is 0.493. The Morgan fingerprint density at radius 2 is 2.46 bits per heavy atom. The Kier molecular flexibility index (Phi) is 3.45. The van der Waals surface area contributed by atoms with Crippen LogP contribution < -0.4 is 5.32 Å². The molecule has 1 heterocycles. The van der Waals surface area contributed by atoms with E-state index in [4.69, 9.17) is 6.42 Å². The number of nitrogens with zero attached hydrogens (tertiary/aromatic N) is 2. The van der Waals surface area contributed by atoms with Crippen molar-refractivity contribution in [3.8, 4) is 12.3 Å². The number of terminal acetylenes is 1. The van der Waals surface area contributed by atoms with Crippen molar-refractivity contribution in [3.63, 3.8) is 0 Å². The number of carbonyl (C=O) groups is 1. The molecule has 0 bridgehead atoms. The Balaban J connectivity index is 2.46. The fourth-order valence-electron chi connectivity index (χ4n) is 0.775. The van der Waals surface area contributed by atoms with Gasteiger partial charge in [-0.05, 0) is 6.07 Å². The standard InChI is InChI=1S/C9H9N3O/c1-2-3-5-10-9(13)8-4-6-11-12-7-8/h1,4,6-7H,3,5H2,(H,10,13). The smallest absolute Gasteiger partial charge is 0.253 e. The molecule has 0 aliphatic carbocycles. The third kappa shape index (κ3) is 2.91. The van der Waals surface area contributed by atoms with Gasteiger partial charge in [-0.1, -0.05) is 0 Å². The summed E-state index contributed by atoms with van der Waals surface area (Å²) < 4.78 is 0. The number of aromatic nitrogens is 2. The summed E-state index contributed by atoms with van der Waals surface area (Å²) in [4.78, 5) is 11.3. The molecule has 1 aromatic rings. The van der Waals surface area contributed by atoms with E-state index in [0.29, 0.717) is 18.5 Å². The zero-order valence-electron chi connectivity index (χ0n) is 7.03. The summed E-state index contributed by atoms with van der Waals surface area (Å²) >= 11 is 0. The molecule has 0 unspecified atom stereocenters. The van der Waals surface area contributed by atoms with E-state index in [1.807, 2.05) is 0 Å². The molecule has 1 rings (SSSR count). The van der Waals surface area contributed by atoms with Crippen molar-refractivity contribution in [2.45, 2.75) is 6.42 Å². The van der Waals surface area contributed by atoms with E-state index in [2.05, 4.69) is 21.4 Å². The summed E-state index contributed by atoms with van der Waals surface area (Å²) in [6.45, 7) is 0.484. The highest BCUT2D eigenvalue weighted by molar-refractivity contribution is 5.93. The van der Waals surface area contributed by atoms with Crippen LogP contribution in [0.5, 0.6) is 0 Å². The SMILES string of the molecule is C#CCCNC(=O)c1ccnnc1. The van der Waals surface area contributed by atoms with E-state index in [1.165, 1.54) is 12.4 Å². The normalized spacial score (nSPS) is 8.85. The maximum Gasteiger partial charge on any atom is 0.253 e. The Labute approximate surface area is 76.4 Å². The molecule has 1 amide bonds. The first-order valence-corrected chi connectivity index (χ1v) is 3.83. The minimum atomic E-state index is -0.176. The molecule has 0 fully saturated rings. The van der Waals surface area contributed by atoms with Gasteiger partial charge in [-0.15, -0.1) is 12.3 Å². The lowest BCUT2D eigenvalue weighted by atomic mass is 10.3. The molecule has 66 valence electrons. The topological polar surface area (TPSA) is 54.9 Å². The van der Waals surface area contributed by atoms with Crippen molar-refractivity contribution in [2.75, 3.05) is 6.54 Å². The van der Waals surface area contributed by atoms with Gasteiger partial charge in [0.2, 0.25) is 0 Å². The highest BCUT2D eigenvalue weighted by Gasteiger charge is 2.02. The van der Waals surface area contributed by atoms with Crippen LogP contribution in [0, 0.1) is 12.3 Å². The van der Waals surface area contributed by atoms with Gasteiger partial charge in [-0.2, -0.15) is 10.2 Å². The lowest BCUT2D eigenvalue weighted by molar-refractivity contribution is 0.0954. The summed E-state index contributed by atoms with van der Waals surface area (Å²) in [6, 6.07) is 1.60. The molecule has 0 atom stereocenters. The Hall–Kier alpha value is -1.89. The first-order valence-electron chi connectivity index (χ1n) is 3.83. The van der Waals surface area contributed by atoms with Gasteiger partial charge in [0.15, 0.2) is 0 Å². The minimum Gasteiger partial charge on any atom is -0.351 e. The summed E-state index contributed by atoms with van der Waals surface area (Å²) in [5.74, 6) is 2.26. The first kappa shape index (κ1) is 9.20. The van der Waals surface area contributed by atoms with E-state index < -0.39 is 0 Å². The summed E-state index contributed by atoms with van der Waals surface area (Å²) in [7, 11) is 0. The predicted octanol–water partition coefficient (Wildman–Crippen LogP) is 0.230. The fourth-order valence-corrected chi connectivity index (χ4v) is 0.775. The van der Waals surface area contributed by atoms with Crippen molar-refractivity contribution in [2.24, 2.45) is 0 Å². The molecule has 0 aromatic carbocycles. The minimum absolute atomic E-state index is 0.176. The van der Waals surface area contributed by atoms with E-state index in [0.717, 1.165) is 0 Å². The van der Waals surface area contributed by atoms with Gasteiger partial charge < -0.3 is 5.32 Å². The molecule has 4 heteroatoms. The van der Waals surface area contributed by atoms with E-state index in [-0.39, 0.29) is 5.91 Å². The second-order valence-corrected chi connectivity index (χ2v) is 2.34. The second kappa shape index (κ2) is 4.88. The molecule has 0 saturated heterocycles. The van der Waals surface area contributed by atoms with Crippen LogP contribution in [0.2, 0.25) is 0 Å². The molecular formula is C9H9N3O. The molecule has 0 radical (unpaired) electrons. The molecule has 4 nitrogen and oxygen atoms in total. The summed E-state index contributed by atoms with van der Waals surface area (Å²) in [5, 5.41) is 9.80. The lowest BCUT2D eigenvalue weighted by Crippen LogP contribution is -2.24. The van der Waals surface area contributed by atoms with Crippen LogP contribution in [-0.4, -0.2) is 22.6 Å². The van der Waals surface area contributed by atoms with Gasteiger partial charge in [0, 0.05) is 13.0 Å². The lowest BCUT2D eigenvalue weighted by Gasteiger charge is -2.00. The zero-order chi connectivity index (χ0) is 9.52. The largest absolute Gasteiger partial charge is 0.351 e. The Morgan fingerprint density at radius 1 is 1.62 bits per heavy atom. The predicted molar refractivity (Wildman–Crippen MR) is 47.8 cm³/mol. The van der Waals surface area contributed by atoms with Crippen molar-refractivity contribution in [3.05, 3.63) is 24.0 Å². The molecule has 1 aromatic heterocycles. The van der Waals surface area contributed by atoms with Gasteiger partial charge in [0.1, 0.15) is 0 Å². The molecule has 1 N–H and O–H groups in total. The maximum atomic E-state index is 11.3. The molecule has 0 aliphatic heterocycles. The van der Waals surface area contributed by atoms with Crippen LogP contribution in [0.4, 0.5) is 0 Å². The van der Waals surface area contributed by atoms with Crippen molar-refractivity contribution in [1.82, 2.24) is 15.5 Å². The van der Waals surface area contributed by atoms with Gasteiger partial charge in [-0.3, -0.25) is 4.79 Å². The van der Waals surface area contributed by atoms with Gasteiger partial charge in [0.05, 0.1) is 18.0 Å². The average Bonchev–Trinajstić information content (AvgIpc) is 2.19. The van der Waals surface area contributed by atoms with Crippen LogP contribution in [-0.2, 0) is 0 Å². The monoisotopic (exact) mass is 175 g/mol. The second-order valence-electron chi connectivity index (χ2n) is 2.34. The molecule has 0 saturated carbocycles. The summed E-state index contributed by atoms with van der Waals surface area (Å²) in [6.07, 6.45) is 8.44. The highest BCUT2D eigenvalue weighted by atomic mass is 16.1. The van der Waals surface area contributed by atoms with Gasteiger partial charge in [-0.25, -0.2) is 0 Å². The van der Waals surface area contributed by atoms with Crippen LogP contribution in [0.25, 0.3) is 0 Å². The highest BCUT2D eigenvalue weighted by Crippen LogP contribution is 1.92. The number of nitrogens with one attached hydrogen (secondary N) is 1. The van der Waals surface area contributed by atoms with Crippen molar-refractivity contribution < 1.29 is 4.79 Å². The average molecular weight is 175 g/mol. The number of rotatable bonds is 3. The number of hydrogen-bond acceptors (Lipinski definition) is 3. The number of carbonyl (C=O) groups excluding carboxylic acids is 1. The zero-order valence-corrected chi connectivity index (χ0v) is 7.03. The quantitative estimate of drug-likeness (QED) is 0.528. The van der Waals surface area contributed by atoms with Gasteiger partial charge in [0.25, 0.3) is 5.91 Å². The van der Waals surface area contributed by atoms with Crippen LogP contribution in [0.1, 0.15) is 16.8 Å². The third-order valence-corrected chi connectivity index (χ3v) is 1.40. The van der Waals surface area contributed by atoms with E-state index in [9.17, 15) is 4.79 Å². The molecule has 13 heavy (non-hydrogen) atoms. The first-order chi connectivity index (χ1) is 6.34. The van der Waals surface area contributed by atoms with E-state index >= 15 is 0 Å². The molecule has 0 spiro atoms. The maximum absolute atomic E-state index is 11.3. The molecular weight excluding hydrogens is 166 g/mol. The van der Waals surface area contributed by atoms with Crippen LogP contribution in [0.15, 0.2) is 18.5 Å². The van der Waals surface area contributed by atoms with Gasteiger partial charge >= 0.3 is 0 Å².